The molecule has 4 atom stereocenters. The molecule has 278 valence electrons. The fourth-order valence-corrected chi connectivity index (χ4v) is 6.98. The van der Waals surface area contributed by atoms with Crippen LogP contribution in [0.3, 0.4) is 0 Å². The highest BCUT2D eigenvalue weighted by Gasteiger charge is 2.68. The Hall–Kier alpha value is -5.04. The number of imide groups is 1. The summed E-state index contributed by atoms with van der Waals surface area (Å²) in [5, 5.41) is 0. The van der Waals surface area contributed by atoms with E-state index in [1.165, 1.54) is 4.90 Å². The maximum Gasteiger partial charge on any atom is 0.338 e. The molecule has 3 fully saturated rings. The average Bonchev–Trinajstić information content (AvgIpc) is 3.82. The normalized spacial score (nSPS) is 24.9. The minimum atomic E-state index is -1.30. The first-order chi connectivity index (χ1) is 25.5. The molecule has 0 N–H and O–H groups in total. The van der Waals surface area contributed by atoms with E-state index in [4.69, 9.17) is 33.2 Å². The Labute approximate surface area is 307 Å². The van der Waals surface area contributed by atoms with Gasteiger partial charge in [0.1, 0.15) is 42.3 Å². The molecule has 3 aromatic rings. The third-order valence-corrected chi connectivity index (χ3v) is 10.0. The molecular weight excluding hydrogens is 682 g/mol. The molecule has 4 aliphatic heterocycles. The largest absolute Gasteiger partial charge is 0.489 e. The topological polar surface area (TPSA) is 136 Å². The van der Waals surface area contributed by atoms with Gasteiger partial charge < -0.3 is 33.2 Å². The van der Waals surface area contributed by atoms with Gasteiger partial charge in [-0.25, -0.2) is 4.79 Å². The van der Waals surface area contributed by atoms with Crippen LogP contribution in [0.2, 0.25) is 0 Å². The summed E-state index contributed by atoms with van der Waals surface area (Å²) in [4.78, 5) is 54.8. The van der Waals surface area contributed by atoms with Gasteiger partial charge in [0.15, 0.2) is 5.79 Å². The van der Waals surface area contributed by atoms with E-state index < -0.39 is 52.6 Å². The summed E-state index contributed by atoms with van der Waals surface area (Å²) in [5.41, 5.74) is -0.148. The molecule has 0 spiro atoms. The number of carbonyl (C=O) groups is 4. The molecule has 0 unspecified atom stereocenters. The van der Waals surface area contributed by atoms with Crippen molar-refractivity contribution in [2.45, 2.75) is 57.9 Å². The Morgan fingerprint density at radius 3 is 2.02 bits per heavy atom. The van der Waals surface area contributed by atoms with Crippen LogP contribution in [0.5, 0.6) is 11.5 Å². The first-order valence-corrected chi connectivity index (χ1v) is 17.8. The van der Waals surface area contributed by atoms with Gasteiger partial charge >= 0.3 is 11.9 Å². The summed E-state index contributed by atoms with van der Waals surface area (Å²) in [7, 11) is 0. The molecule has 7 rings (SSSR count). The van der Waals surface area contributed by atoms with Crippen molar-refractivity contribution in [3.8, 4) is 11.5 Å². The molecule has 3 saturated heterocycles. The first kappa shape index (κ1) is 36.3. The zero-order valence-electron chi connectivity index (χ0n) is 30.0. The van der Waals surface area contributed by atoms with Crippen molar-refractivity contribution in [3.05, 3.63) is 108 Å². The summed E-state index contributed by atoms with van der Waals surface area (Å²) >= 11 is 0. The summed E-state index contributed by atoms with van der Waals surface area (Å²) in [6.07, 6.45) is 3.09. The van der Waals surface area contributed by atoms with Gasteiger partial charge in [-0.2, -0.15) is 0 Å². The number of nitrogens with zero attached hydrogens (tertiary/aromatic N) is 1. The average molecular weight is 726 g/mol. The van der Waals surface area contributed by atoms with Gasteiger partial charge in [-0.3, -0.25) is 19.3 Å². The van der Waals surface area contributed by atoms with Crippen LogP contribution in [-0.4, -0.2) is 79.1 Å². The molecule has 2 bridgehead atoms. The van der Waals surface area contributed by atoms with Gasteiger partial charge in [0, 0.05) is 12.6 Å². The number of esters is 2. The van der Waals surface area contributed by atoms with Crippen LogP contribution in [0.15, 0.2) is 91.0 Å². The number of hydrogen-bond donors (Lipinski definition) is 0. The molecule has 12 nitrogen and oxygen atoms in total. The summed E-state index contributed by atoms with van der Waals surface area (Å²) < 4.78 is 40.8. The Morgan fingerprint density at radius 1 is 0.811 bits per heavy atom. The van der Waals surface area contributed by atoms with E-state index in [1.54, 1.807) is 51.1 Å². The molecule has 4 heterocycles. The SMILES string of the molecule is CC1(C)OCC(C)(C(=O)OCCCN2C(=O)[C@H]3[C@@H]4C=C[C@@](COC(=O)c5cc(OCc6ccccc6)cc(OCc6ccccc6)c5)(O4)[C@H]3C2=O)CO1. The molecule has 53 heavy (non-hydrogen) atoms. The van der Waals surface area contributed by atoms with E-state index >= 15 is 0 Å². The van der Waals surface area contributed by atoms with Crippen molar-refractivity contribution in [2.75, 3.05) is 33.0 Å². The van der Waals surface area contributed by atoms with Crippen LogP contribution in [-0.2, 0) is 51.3 Å². The lowest BCUT2D eigenvalue weighted by atomic mass is 9.77. The number of carbonyl (C=O) groups excluding carboxylic acids is 4. The van der Waals surface area contributed by atoms with Crippen molar-refractivity contribution >= 4 is 23.8 Å². The standard InChI is InChI=1S/C41H43NO11/c1-39(2)51-24-40(3,25-52-39)38(46)47-18-10-17-42-35(43)33-32-15-16-41(53-32,34(33)36(42)44)26-50-37(45)29-19-30(48-22-27-11-6-4-7-12-27)21-31(20-29)49-23-28-13-8-5-9-14-28/h4-9,11-16,19-21,32-34H,10,17-18,22-26H2,1-3H3/t32-,33-,34+,41-/m0/s1. The Balaban J connectivity index is 0.979. The fourth-order valence-electron chi connectivity index (χ4n) is 6.98. The first-order valence-electron chi connectivity index (χ1n) is 17.8. The third kappa shape index (κ3) is 7.71. The van der Waals surface area contributed by atoms with Crippen molar-refractivity contribution in [2.24, 2.45) is 17.3 Å². The van der Waals surface area contributed by atoms with E-state index in [0.717, 1.165) is 11.1 Å². The van der Waals surface area contributed by atoms with Crippen molar-refractivity contribution < 1.29 is 52.3 Å². The quantitative estimate of drug-likeness (QED) is 0.0958. The summed E-state index contributed by atoms with van der Waals surface area (Å²) in [6, 6.07) is 24.2. The van der Waals surface area contributed by atoms with Gasteiger partial charge in [0.05, 0.1) is 43.3 Å². The summed E-state index contributed by atoms with van der Waals surface area (Å²) in [5.74, 6) is -3.44. The molecule has 4 aliphatic rings. The zero-order chi connectivity index (χ0) is 37.2. The fraction of sp³-hybridized carbons (Fsp3) is 0.415. The number of amides is 2. The van der Waals surface area contributed by atoms with Crippen LogP contribution < -0.4 is 9.47 Å². The molecule has 0 aromatic heterocycles. The highest BCUT2D eigenvalue weighted by Crippen LogP contribution is 2.52. The second-order valence-electron chi connectivity index (χ2n) is 14.6. The minimum absolute atomic E-state index is 0.0102. The van der Waals surface area contributed by atoms with Gasteiger partial charge in [0.25, 0.3) is 0 Å². The van der Waals surface area contributed by atoms with Gasteiger partial charge in [0.2, 0.25) is 11.8 Å². The molecule has 0 aliphatic carbocycles. The Morgan fingerprint density at radius 2 is 1.42 bits per heavy atom. The van der Waals surface area contributed by atoms with Crippen molar-refractivity contribution in [3.63, 3.8) is 0 Å². The number of hydrogen-bond acceptors (Lipinski definition) is 11. The summed E-state index contributed by atoms with van der Waals surface area (Å²) in [6.45, 7) is 5.94. The number of rotatable bonds is 14. The lowest BCUT2D eigenvalue weighted by Gasteiger charge is -2.39. The lowest BCUT2D eigenvalue weighted by molar-refractivity contribution is -0.281. The van der Waals surface area contributed by atoms with Crippen molar-refractivity contribution in [1.29, 1.82) is 0 Å². The number of likely N-dealkylation sites (tertiary alicyclic amines) is 1. The molecule has 2 amide bonds. The molecule has 12 heteroatoms. The monoisotopic (exact) mass is 725 g/mol. The second-order valence-corrected chi connectivity index (χ2v) is 14.6. The Kier molecular flexibility index (Phi) is 10.1. The highest BCUT2D eigenvalue weighted by atomic mass is 16.7. The van der Waals surface area contributed by atoms with E-state index in [2.05, 4.69) is 0 Å². The molecule has 0 saturated carbocycles. The van der Waals surface area contributed by atoms with Crippen LogP contribution in [0, 0.1) is 17.3 Å². The van der Waals surface area contributed by atoms with Crippen LogP contribution >= 0.6 is 0 Å². The van der Waals surface area contributed by atoms with Crippen LogP contribution in [0.4, 0.5) is 0 Å². The third-order valence-electron chi connectivity index (χ3n) is 10.0. The predicted octanol–water partition coefficient (Wildman–Crippen LogP) is 5.03. The minimum Gasteiger partial charge on any atom is -0.489 e. The molecular formula is C41H43NO11. The predicted molar refractivity (Wildman–Crippen MR) is 188 cm³/mol. The maximum atomic E-state index is 13.7. The number of fused-ring (bicyclic) bond motifs is 5. The van der Waals surface area contributed by atoms with Gasteiger partial charge in [-0.1, -0.05) is 66.7 Å². The van der Waals surface area contributed by atoms with E-state index in [1.807, 2.05) is 60.7 Å². The van der Waals surface area contributed by atoms with E-state index in [0.29, 0.717) is 11.5 Å². The van der Waals surface area contributed by atoms with E-state index in [-0.39, 0.29) is 64.1 Å². The highest BCUT2D eigenvalue weighted by molar-refractivity contribution is 6.07. The Bertz CT molecular complexity index is 1810. The van der Waals surface area contributed by atoms with Gasteiger partial charge in [-0.15, -0.1) is 0 Å². The van der Waals surface area contributed by atoms with E-state index in [9.17, 15) is 19.2 Å². The van der Waals surface area contributed by atoms with Crippen LogP contribution in [0.25, 0.3) is 0 Å². The van der Waals surface area contributed by atoms with Crippen LogP contribution in [0.1, 0.15) is 48.7 Å². The number of ether oxygens (including phenoxy) is 7. The smallest absolute Gasteiger partial charge is 0.338 e. The molecule has 3 aromatic carbocycles. The number of benzene rings is 3. The maximum absolute atomic E-state index is 13.7. The molecule has 0 radical (unpaired) electrons. The van der Waals surface area contributed by atoms with Crippen molar-refractivity contribution in [1.82, 2.24) is 4.90 Å². The van der Waals surface area contributed by atoms with Gasteiger partial charge in [-0.05, 0) is 56.5 Å². The lowest BCUT2D eigenvalue weighted by Crippen LogP contribution is -2.49. The zero-order valence-corrected chi connectivity index (χ0v) is 30.0. The second kappa shape index (κ2) is 14.8.